The van der Waals surface area contributed by atoms with Gasteiger partial charge < -0.3 is 4.90 Å². The lowest BCUT2D eigenvalue weighted by Gasteiger charge is -2.40. The minimum atomic E-state index is 0.304. The lowest BCUT2D eigenvalue weighted by atomic mass is 9.79. The highest BCUT2D eigenvalue weighted by Crippen LogP contribution is 2.39. The smallest absolute Gasteiger partial charge is 0.222 e. The van der Waals surface area contributed by atoms with Crippen molar-refractivity contribution < 1.29 is 4.79 Å². The molecule has 1 spiro atoms. The van der Waals surface area contributed by atoms with E-state index in [1.807, 2.05) is 12.4 Å². The Labute approximate surface area is 172 Å². The topological polar surface area (TPSA) is 36.4 Å². The first-order chi connectivity index (χ1) is 13.5. The molecule has 1 aromatic heterocycles. The molecule has 1 amide bonds. The SMILES string of the molecule is Cc1cccc(CN2CCC[C@]3(CCN(C(=O)CCc4scnc4C)C3)C2)c1. The molecule has 1 atom stereocenters. The third-order valence-corrected chi connectivity index (χ3v) is 7.43. The summed E-state index contributed by atoms with van der Waals surface area (Å²) < 4.78 is 0. The maximum Gasteiger partial charge on any atom is 0.222 e. The van der Waals surface area contributed by atoms with Crippen molar-refractivity contribution in [2.45, 2.75) is 52.5 Å². The summed E-state index contributed by atoms with van der Waals surface area (Å²) in [6, 6.07) is 8.86. The Morgan fingerprint density at radius 1 is 1.21 bits per heavy atom. The summed E-state index contributed by atoms with van der Waals surface area (Å²) in [5, 5.41) is 0. The number of aromatic nitrogens is 1. The molecule has 0 unspecified atom stereocenters. The fraction of sp³-hybridized carbons (Fsp3) is 0.565. The van der Waals surface area contributed by atoms with E-state index in [0.717, 1.165) is 44.7 Å². The molecule has 3 heterocycles. The maximum atomic E-state index is 12.8. The van der Waals surface area contributed by atoms with E-state index >= 15 is 0 Å². The van der Waals surface area contributed by atoms with E-state index in [4.69, 9.17) is 0 Å². The number of piperidine rings is 1. The van der Waals surface area contributed by atoms with Crippen molar-refractivity contribution in [3.05, 3.63) is 51.5 Å². The van der Waals surface area contributed by atoms with E-state index in [-0.39, 0.29) is 0 Å². The van der Waals surface area contributed by atoms with Crippen molar-refractivity contribution in [2.75, 3.05) is 26.2 Å². The average Bonchev–Trinajstić information content (AvgIpc) is 3.26. The minimum absolute atomic E-state index is 0.304. The molecule has 4 rings (SSSR count). The molecule has 2 fully saturated rings. The van der Waals surface area contributed by atoms with E-state index in [9.17, 15) is 4.79 Å². The second-order valence-electron chi connectivity index (χ2n) is 8.73. The van der Waals surface area contributed by atoms with Crippen LogP contribution >= 0.6 is 11.3 Å². The molecular formula is C23H31N3OS. The molecule has 28 heavy (non-hydrogen) atoms. The van der Waals surface area contributed by atoms with Gasteiger partial charge in [-0.3, -0.25) is 9.69 Å². The van der Waals surface area contributed by atoms with E-state index in [1.54, 1.807) is 11.3 Å². The Bertz CT molecular complexity index is 833. The number of carbonyl (C=O) groups excluding carboxylic acids is 1. The van der Waals surface area contributed by atoms with Crippen molar-refractivity contribution in [1.82, 2.24) is 14.8 Å². The fourth-order valence-electron chi connectivity index (χ4n) is 4.94. The third kappa shape index (κ3) is 4.47. The van der Waals surface area contributed by atoms with Crippen LogP contribution in [-0.4, -0.2) is 46.9 Å². The first-order valence-corrected chi connectivity index (χ1v) is 11.4. The van der Waals surface area contributed by atoms with Crippen LogP contribution in [0.15, 0.2) is 29.8 Å². The van der Waals surface area contributed by atoms with Gasteiger partial charge in [-0.1, -0.05) is 29.8 Å². The van der Waals surface area contributed by atoms with Gasteiger partial charge in [-0.15, -0.1) is 11.3 Å². The number of thiazole rings is 1. The molecule has 0 N–H and O–H groups in total. The predicted octanol–water partition coefficient (Wildman–Crippen LogP) is 4.21. The first kappa shape index (κ1) is 19.6. The van der Waals surface area contributed by atoms with Gasteiger partial charge in [0.25, 0.3) is 0 Å². The molecule has 2 aromatic rings. The number of likely N-dealkylation sites (tertiary alicyclic amines) is 2. The minimum Gasteiger partial charge on any atom is -0.342 e. The van der Waals surface area contributed by atoms with Crippen LogP contribution < -0.4 is 0 Å². The molecule has 4 nitrogen and oxygen atoms in total. The third-order valence-electron chi connectivity index (χ3n) is 6.43. The zero-order valence-corrected chi connectivity index (χ0v) is 17.9. The Hall–Kier alpha value is -1.72. The summed E-state index contributed by atoms with van der Waals surface area (Å²) in [4.78, 5) is 23.1. The lowest BCUT2D eigenvalue weighted by molar-refractivity contribution is -0.130. The summed E-state index contributed by atoms with van der Waals surface area (Å²) in [7, 11) is 0. The fourth-order valence-corrected chi connectivity index (χ4v) is 5.72. The second kappa shape index (κ2) is 8.34. The molecule has 150 valence electrons. The highest BCUT2D eigenvalue weighted by Gasteiger charge is 2.42. The number of nitrogens with zero attached hydrogens (tertiary/aromatic N) is 3. The number of hydrogen-bond acceptors (Lipinski definition) is 4. The van der Waals surface area contributed by atoms with Crippen LogP contribution in [0.5, 0.6) is 0 Å². The van der Waals surface area contributed by atoms with Crippen LogP contribution in [0.3, 0.4) is 0 Å². The lowest BCUT2D eigenvalue weighted by Crippen LogP contribution is -2.45. The van der Waals surface area contributed by atoms with Gasteiger partial charge in [-0.2, -0.15) is 0 Å². The van der Waals surface area contributed by atoms with Gasteiger partial charge in [0.15, 0.2) is 0 Å². The quantitative estimate of drug-likeness (QED) is 0.758. The Balaban J connectivity index is 1.32. The molecule has 1 aromatic carbocycles. The summed E-state index contributed by atoms with van der Waals surface area (Å²) >= 11 is 1.67. The van der Waals surface area contributed by atoms with Crippen molar-refractivity contribution in [3.8, 4) is 0 Å². The summed E-state index contributed by atoms with van der Waals surface area (Å²) in [5.41, 5.74) is 6.00. The molecule has 2 aliphatic heterocycles. The molecule has 0 radical (unpaired) electrons. The summed E-state index contributed by atoms with van der Waals surface area (Å²) in [5.74, 6) is 0.320. The predicted molar refractivity (Wildman–Crippen MR) is 114 cm³/mol. The number of aryl methyl sites for hydroxylation is 3. The molecule has 2 saturated heterocycles. The Morgan fingerprint density at radius 3 is 2.89 bits per heavy atom. The van der Waals surface area contributed by atoms with Crippen molar-refractivity contribution >= 4 is 17.2 Å². The Kier molecular flexibility index (Phi) is 5.83. The highest BCUT2D eigenvalue weighted by atomic mass is 32.1. The van der Waals surface area contributed by atoms with Gasteiger partial charge in [0.1, 0.15) is 0 Å². The maximum absolute atomic E-state index is 12.8. The van der Waals surface area contributed by atoms with Crippen LogP contribution in [0, 0.1) is 19.3 Å². The van der Waals surface area contributed by atoms with Gasteiger partial charge >= 0.3 is 0 Å². The summed E-state index contributed by atoms with van der Waals surface area (Å²) in [6.07, 6.45) is 5.11. The van der Waals surface area contributed by atoms with Crippen LogP contribution in [0.4, 0.5) is 0 Å². The number of benzene rings is 1. The number of hydrogen-bond donors (Lipinski definition) is 0. The van der Waals surface area contributed by atoms with Gasteiger partial charge in [0, 0.05) is 42.9 Å². The van der Waals surface area contributed by atoms with Crippen molar-refractivity contribution in [3.63, 3.8) is 0 Å². The molecule has 0 saturated carbocycles. The summed E-state index contributed by atoms with van der Waals surface area (Å²) in [6.45, 7) is 9.40. The second-order valence-corrected chi connectivity index (χ2v) is 9.67. The van der Waals surface area contributed by atoms with Crippen LogP contribution in [0.1, 0.15) is 47.4 Å². The van der Waals surface area contributed by atoms with E-state index in [1.165, 1.54) is 35.4 Å². The zero-order chi connectivity index (χ0) is 19.6. The zero-order valence-electron chi connectivity index (χ0n) is 17.1. The average molecular weight is 398 g/mol. The Morgan fingerprint density at radius 2 is 2.11 bits per heavy atom. The van der Waals surface area contributed by atoms with E-state index in [0.29, 0.717) is 17.7 Å². The normalized spacial score (nSPS) is 22.9. The van der Waals surface area contributed by atoms with Crippen molar-refractivity contribution in [1.29, 1.82) is 0 Å². The molecule has 0 bridgehead atoms. The monoisotopic (exact) mass is 397 g/mol. The number of carbonyl (C=O) groups is 1. The van der Waals surface area contributed by atoms with E-state index in [2.05, 4.69) is 46.0 Å². The van der Waals surface area contributed by atoms with Crippen LogP contribution in [-0.2, 0) is 17.8 Å². The molecular weight excluding hydrogens is 366 g/mol. The van der Waals surface area contributed by atoms with Gasteiger partial charge in [-0.05, 0) is 51.6 Å². The van der Waals surface area contributed by atoms with Crippen LogP contribution in [0.25, 0.3) is 0 Å². The van der Waals surface area contributed by atoms with Gasteiger partial charge in [-0.25, -0.2) is 4.98 Å². The number of amides is 1. The van der Waals surface area contributed by atoms with E-state index < -0.39 is 0 Å². The largest absolute Gasteiger partial charge is 0.342 e. The molecule has 2 aliphatic rings. The van der Waals surface area contributed by atoms with Gasteiger partial charge in [0.2, 0.25) is 5.91 Å². The standard InChI is InChI=1S/C23H31N3OS/c1-18-5-3-6-20(13-18)14-25-11-4-9-23(15-25)10-12-26(16-23)22(27)8-7-21-19(2)24-17-28-21/h3,5-6,13,17H,4,7-12,14-16H2,1-2H3/t23-/m0/s1. The molecule has 5 heteroatoms. The highest BCUT2D eigenvalue weighted by molar-refractivity contribution is 7.09. The van der Waals surface area contributed by atoms with Crippen LogP contribution in [0.2, 0.25) is 0 Å². The van der Waals surface area contributed by atoms with Gasteiger partial charge in [0.05, 0.1) is 11.2 Å². The first-order valence-electron chi connectivity index (χ1n) is 10.5. The molecule has 0 aliphatic carbocycles. The van der Waals surface area contributed by atoms with Crippen molar-refractivity contribution in [2.24, 2.45) is 5.41 Å². The number of rotatable bonds is 5.